The zero-order valence-electron chi connectivity index (χ0n) is 10.9. The largest absolute Gasteiger partial charge is 0.480 e. The molecular formula is C12H16N2O5S. The quantitative estimate of drug-likeness (QED) is 0.653. The van der Waals surface area contributed by atoms with Crippen molar-refractivity contribution in [1.29, 1.82) is 0 Å². The molecule has 0 aromatic heterocycles. The number of nitrogens with one attached hydrogen (secondary N) is 1. The van der Waals surface area contributed by atoms with Gasteiger partial charge in [-0.25, -0.2) is 8.42 Å². The fourth-order valence-corrected chi connectivity index (χ4v) is 2.89. The molecule has 0 bridgehead atoms. The Balaban J connectivity index is 2.91. The van der Waals surface area contributed by atoms with E-state index >= 15 is 0 Å². The van der Waals surface area contributed by atoms with Gasteiger partial charge in [0.05, 0.1) is 4.90 Å². The van der Waals surface area contributed by atoms with Crippen molar-refractivity contribution in [2.24, 2.45) is 5.73 Å². The molecule has 1 amide bonds. The Kier molecular flexibility index (Phi) is 5.23. The average Bonchev–Trinajstić information content (AvgIpc) is 2.34. The van der Waals surface area contributed by atoms with Gasteiger partial charge in [0.25, 0.3) is 0 Å². The lowest BCUT2D eigenvalue weighted by Crippen LogP contribution is -2.41. The molecule has 4 N–H and O–H groups in total. The summed E-state index contributed by atoms with van der Waals surface area (Å²) in [6.45, 7) is 1.72. The van der Waals surface area contributed by atoms with Gasteiger partial charge in [0.1, 0.15) is 6.04 Å². The van der Waals surface area contributed by atoms with Gasteiger partial charge in [0, 0.05) is 6.42 Å². The molecule has 0 saturated heterocycles. The maximum atomic E-state index is 12.1. The molecule has 110 valence electrons. The van der Waals surface area contributed by atoms with E-state index in [0.29, 0.717) is 0 Å². The van der Waals surface area contributed by atoms with Crippen LogP contribution in [0.5, 0.6) is 0 Å². The summed E-state index contributed by atoms with van der Waals surface area (Å²) in [4.78, 5) is 21.6. The van der Waals surface area contributed by atoms with Gasteiger partial charge in [-0.3, -0.25) is 9.59 Å². The zero-order chi connectivity index (χ0) is 15.3. The van der Waals surface area contributed by atoms with Gasteiger partial charge in [0.15, 0.2) is 0 Å². The molecular weight excluding hydrogens is 284 g/mol. The molecule has 0 aliphatic heterocycles. The van der Waals surface area contributed by atoms with Gasteiger partial charge in [-0.1, -0.05) is 12.1 Å². The lowest BCUT2D eigenvalue weighted by Gasteiger charge is -2.14. The first-order chi connectivity index (χ1) is 9.22. The van der Waals surface area contributed by atoms with Gasteiger partial charge in [0.2, 0.25) is 15.9 Å². The summed E-state index contributed by atoms with van der Waals surface area (Å²) in [6.07, 6.45) is -0.414. The lowest BCUT2D eigenvalue weighted by atomic mass is 10.2. The molecule has 0 aliphatic rings. The van der Waals surface area contributed by atoms with Crippen molar-refractivity contribution in [1.82, 2.24) is 4.72 Å². The molecule has 0 fully saturated rings. The normalized spacial score (nSPS) is 12.8. The number of carboxylic acids is 1. The standard InChI is InChI=1S/C12H16N2O5S/c1-8-3-2-4-9(7-8)20(18,19)14-10(12(16)17)5-6-11(13)15/h2-4,7,10,14H,5-6H2,1H3,(H2,13,15)(H,16,17). The van der Waals surface area contributed by atoms with Gasteiger partial charge in [-0.15, -0.1) is 0 Å². The summed E-state index contributed by atoms with van der Waals surface area (Å²) >= 11 is 0. The Bertz CT molecular complexity index is 612. The van der Waals surface area contributed by atoms with Gasteiger partial charge < -0.3 is 10.8 Å². The first kappa shape index (κ1) is 16.1. The highest BCUT2D eigenvalue weighted by Gasteiger charge is 2.25. The fraction of sp³-hybridized carbons (Fsp3) is 0.333. The number of rotatable bonds is 7. The van der Waals surface area contributed by atoms with E-state index < -0.39 is 27.9 Å². The third kappa shape index (κ3) is 4.63. The van der Waals surface area contributed by atoms with E-state index in [4.69, 9.17) is 10.8 Å². The first-order valence-electron chi connectivity index (χ1n) is 5.82. The van der Waals surface area contributed by atoms with Crippen LogP contribution in [0.4, 0.5) is 0 Å². The smallest absolute Gasteiger partial charge is 0.321 e. The second-order valence-electron chi connectivity index (χ2n) is 4.33. The maximum Gasteiger partial charge on any atom is 0.321 e. The van der Waals surface area contributed by atoms with E-state index in [1.165, 1.54) is 12.1 Å². The summed E-state index contributed by atoms with van der Waals surface area (Å²) in [5.74, 6) is -2.05. The second-order valence-corrected chi connectivity index (χ2v) is 6.05. The molecule has 1 unspecified atom stereocenters. The van der Waals surface area contributed by atoms with Crippen molar-refractivity contribution < 1.29 is 23.1 Å². The first-order valence-corrected chi connectivity index (χ1v) is 7.31. The molecule has 7 nitrogen and oxygen atoms in total. The highest BCUT2D eigenvalue weighted by Crippen LogP contribution is 2.12. The molecule has 8 heteroatoms. The minimum atomic E-state index is -3.96. The second kappa shape index (κ2) is 6.49. The minimum absolute atomic E-state index is 0.0252. The van der Waals surface area contributed by atoms with Crippen molar-refractivity contribution in [3.63, 3.8) is 0 Å². The Morgan fingerprint density at radius 1 is 1.40 bits per heavy atom. The molecule has 0 heterocycles. The van der Waals surface area contributed by atoms with Crippen LogP contribution >= 0.6 is 0 Å². The Morgan fingerprint density at radius 2 is 2.05 bits per heavy atom. The van der Waals surface area contributed by atoms with Crippen LogP contribution in [0.1, 0.15) is 18.4 Å². The highest BCUT2D eigenvalue weighted by atomic mass is 32.2. The van der Waals surface area contributed by atoms with Crippen LogP contribution in [0.25, 0.3) is 0 Å². The van der Waals surface area contributed by atoms with Crippen LogP contribution in [0.15, 0.2) is 29.2 Å². The SMILES string of the molecule is Cc1cccc(S(=O)(=O)NC(CCC(N)=O)C(=O)O)c1. The number of carbonyl (C=O) groups excluding carboxylic acids is 1. The van der Waals surface area contributed by atoms with Crippen LogP contribution in [0, 0.1) is 6.92 Å². The van der Waals surface area contributed by atoms with Crippen LogP contribution in [0.2, 0.25) is 0 Å². The number of benzene rings is 1. The minimum Gasteiger partial charge on any atom is -0.480 e. The number of amides is 1. The summed E-state index contributed by atoms with van der Waals surface area (Å²) in [7, 11) is -3.96. The van der Waals surface area contributed by atoms with E-state index in [2.05, 4.69) is 4.72 Å². The Morgan fingerprint density at radius 3 is 2.55 bits per heavy atom. The number of hydrogen-bond acceptors (Lipinski definition) is 4. The molecule has 1 aromatic carbocycles. The topological polar surface area (TPSA) is 127 Å². The van der Waals surface area contributed by atoms with Crippen LogP contribution in [-0.4, -0.2) is 31.4 Å². The van der Waals surface area contributed by atoms with E-state index in [0.717, 1.165) is 5.56 Å². The molecule has 0 radical (unpaired) electrons. The van der Waals surface area contributed by atoms with Gasteiger partial charge in [-0.05, 0) is 31.0 Å². The number of carboxylic acid groups (broad SMARTS) is 1. The molecule has 1 atom stereocenters. The monoisotopic (exact) mass is 300 g/mol. The van der Waals surface area contributed by atoms with E-state index in [1.807, 2.05) is 0 Å². The number of aryl methyl sites for hydroxylation is 1. The fourth-order valence-electron chi connectivity index (χ4n) is 1.56. The van der Waals surface area contributed by atoms with Crippen LogP contribution < -0.4 is 10.5 Å². The number of nitrogens with two attached hydrogens (primary N) is 1. The molecule has 0 saturated carbocycles. The van der Waals surface area contributed by atoms with E-state index in [9.17, 15) is 18.0 Å². The third-order valence-corrected chi connectivity index (χ3v) is 4.04. The van der Waals surface area contributed by atoms with Gasteiger partial charge >= 0.3 is 5.97 Å². The molecule has 1 rings (SSSR count). The molecule has 0 aliphatic carbocycles. The number of sulfonamides is 1. The summed E-state index contributed by atoms with van der Waals surface area (Å²) in [5.41, 5.74) is 5.66. The van der Waals surface area contributed by atoms with Crippen molar-refractivity contribution >= 4 is 21.9 Å². The Hall–Kier alpha value is -1.93. The van der Waals surface area contributed by atoms with Crippen molar-refractivity contribution in [2.45, 2.75) is 30.7 Å². The molecule has 20 heavy (non-hydrogen) atoms. The molecule has 0 spiro atoms. The number of aliphatic carboxylic acids is 1. The zero-order valence-corrected chi connectivity index (χ0v) is 11.7. The number of primary amides is 1. The highest BCUT2D eigenvalue weighted by molar-refractivity contribution is 7.89. The van der Waals surface area contributed by atoms with Crippen molar-refractivity contribution in [2.75, 3.05) is 0 Å². The van der Waals surface area contributed by atoms with Crippen LogP contribution in [-0.2, 0) is 19.6 Å². The number of hydrogen-bond donors (Lipinski definition) is 3. The Labute approximate surface area is 116 Å². The van der Waals surface area contributed by atoms with Crippen molar-refractivity contribution in [3.05, 3.63) is 29.8 Å². The maximum absolute atomic E-state index is 12.1. The molecule has 1 aromatic rings. The lowest BCUT2D eigenvalue weighted by molar-refractivity contribution is -0.139. The summed E-state index contributed by atoms with van der Waals surface area (Å²) in [5, 5.41) is 8.97. The van der Waals surface area contributed by atoms with Crippen LogP contribution in [0.3, 0.4) is 0 Å². The predicted molar refractivity (Wildman–Crippen MR) is 71.4 cm³/mol. The van der Waals surface area contributed by atoms with E-state index in [-0.39, 0.29) is 17.7 Å². The van der Waals surface area contributed by atoms with Gasteiger partial charge in [-0.2, -0.15) is 4.72 Å². The summed E-state index contributed by atoms with van der Waals surface area (Å²) < 4.78 is 26.2. The van der Waals surface area contributed by atoms with E-state index in [1.54, 1.807) is 19.1 Å². The predicted octanol–water partition coefficient (Wildman–Crippen LogP) is -0.00798. The average molecular weight is 300 g/mol. The number of carbonyl (C=O) groups is 2. The van der Waals surface area contributed by atoms with Crippen molar-refractivity contribution in [3.8, 4) is 0 Å². The third-order valence-electron chi connectivity index (χ3n) is 2.57. The summed E-state index contributed by atoms with van der Waals surface area (Å²) in [6, 6.07) is 4.68.